The molecule has 0 saturated heterocycles. The number of anilines is 5. The van der Waals surface area contributed by atoms with Crippen LogP contribution in [0.3, 0.4) is 0 Å². The Morgan fingerprint density at radius 3 is 1.81 bits per heavy atom. The van der Waals surface area contributed by atoms with Gasteiger partial charge in [-0.2, -0.15) is 60.5 Å². The van der Waals surface area contributed by atoms with Gasteiger partial charge in [0.05, 0.1) is 26.3 Å². The fourth-order valence-electron chi connectivity index (χ4n) is 4.18. The fourth-order valence-corrected chi connectivity index (χ4v) is 6.76. The molecule has 0 spiro atoms. The van der Waals surface area contributed by atoms with E-state index in [0.717, 1.165) is 41.4 Å². The van der Waals surface area contributed by atoms with Gasteiger partial charge in [0.1, 0.15) is 15.5 Å². The first-order valence-corrected chi connectivity index (χ1v) is 18.6. The molecule has 19 nitrogen and oxygen atoms in total. The van der Waals surface area contributed by atoms with Crippen molar-refractivity contribution in [1.29, 1.82) is 0 Å². The van der Waals surface area contributed by atoms with Crippen LogP contribution in [0.5, 0.6) is 0 Å². The maximum absolute atomic E-state index is 13.3. The summed E-state index contributed by atoms with van der Waals surface area (Å²) in [6.07, 6.45) is 0. The van der Waals surface area contributed by atoms with E-state index in [-0.39, 0.29) is 133 Å². The van der Waals surface area contributed by atoms with Crippen LogP contribution < -0.4 is 15.6 Å². The number of amides is 1. The first kappa shape index (κ1) is 47.8. The van der Waals surface area contributed by atoms with Crippen molar-refractivity contribution in [2.75, 3.05) is 15.6 Å². The molecule has 2 heterocycles. The zero-order valence-corrected chi connectivity index (χ0v) is 38.2. The molecule has 5 rings (SSSR count). The van der Waals surface area contributed by atoms with Crippen LogP contribution >= 0.6 is 34.8 Å². The Labute approximate surface area is 382 Å². The van der Waals surface area contributed by atoms with E-state index in [4.69, 9.17) is 39.4 Å². The zero-order valence-electron chi connectivity index (χ0n) is 27.5. The summed E-state index contributed by atoms with van der Waals surface area (Å²) in [7, 11) is -14.0. The molecular weight excluding hydrogens is 858 g/mol. The molecule has 0 saturated carbocycles. The molecule has 5 N–H and O–H groups in total. The minimum atomic E-state index is -4.87. The van der Waals surface area contributed by atoms with Gasteiger partial charge in [0.25, 0.3) is 36.3 Å². The van der Waals surface area contributed by atoms with Crippen molar-refractivity contribution in [3.8, 4) is 0 Å². The Bertz CT molecular complexity index is 2470. The molecule has 28 heteroatoms. The third-order valence-electron chi connectivity index (χ3n) is 6.39. The van der Waals surface area contributed by atoms with Gasteiger partial charge < -0.3 is 10.6 Å². The van der Waals surface area contributed by atoms with Gasteiger partial charge in [-0.25, -0.2) is 0 Å². The molecule has 1 unspecified atom stereocenters. The standard InChI is InChI=1S/C25H18Cl3N9O10S3.3Na/c1-11-21(22(38)37(36-11)18-9-16(27)20(10-15(18)26)50(45,46)47)35-34-17-8-13(4-7-19(17)49(42,43)44)30-25-32-23(28)31-24(33-25)29-12-2-5-14(6-3-12)48(39,40)41;;;/h2-10,21H,1H3,(H,39,40,41)(H,42,43,44)(H,45,46,47)(H2,29,30,31,32,33);;;. The minimum Gasteiger partial charge on any atom is -0.324 e. The van der Waals surface area contributed by atoms with Crippen LogP contribution in [-0.2, 0) is 35.1 Å². The largest absolute Gasteiger partial charge is 0.324 e. The number of nitrogens with zero attached hydrogens (tertiary/aromatic N) is 7. The van der Waals surface area contributed by atoms with E-state index < -0.39 is 62.8 Å². The van der Waals surface area contributed by atoms with E-state index in [2.05, 4.69) is 40.9 Å². The van der Waals surface area contributed by atoms with E-state index in [1.807, 2.05) is 0 Å². The van der Waals surface area contributed by atoms with Crippen molar-refractivity contribution in [3.63, 3.8) is 0 Å². The third kappa shape index (κ3) is 11.8. The molecule has 3 radical (unpaired) electrons. The maximum atomic E-state index is 13.3. The van der Waals surface area contributed by atoms with E-state index in [1.165, 1.54) is 25.1 Å². The van der Waals surface area contributed by atoms with Crippen LogP contribution in [-0.4, -0.2) is 160 Å². The molecule has 1 aromatic heterocycles. The normalized spacial score (nSPS) is 14.5. The van der Waals surface area contributed by atoms with Gasteiger partial charge in [0.15, 0.2) is 6.04 Å². The van der Waals surface area contributed by atoms with Gasteiger partial charge in [-0.3, -0.25) is 18.5 Å². The first-order chi connectivity index (χ1) is 23.2. The van der Waals surface area contributed by atoms with Crippen molar-refractivity contribution in [2.24, 2.45) is 15.3 Å². The summed E-state index contributed by atoms with van der Waals surface area (Å²) in [6.45, 7) is 1.39. The molecular formula is C25H18Cl3N9Na3O10S3. The third-order valence-corrected chi connectivity index (χ3v) is 9.95. The molecule has 0 aliphatic carbocycles. The molecule has 1 atom stereocenters. The Hall–Kier alpha value is -1.39. The van der Waals surface area contributed by atoms with Crippen LogP contribution in [0.15, 0.2) is 84.6 Å². The summed E-state index contributed by atoms with van der Waals surface area (Å²) >= 11 is 18.2. The number of hydrogen-bond acceptors (Lipinski definition) is 15. The maximum Gasteiger partial charge on any atom is 0.296 e. The molecule has 1 amide bonds. The van der Waals surface area contributed by atoms with E-state index >= 15 is 0 Å². The average Bonchev–Trinajstić information content (AvgIpc) is 3.27. The molecule has 1 aliphatic rings. The Balaban J connectivity index is 0.00000324. The molecule has 53 heavy (non-hydrogen) atoms. The smallest absolute Gasteiger partial charge is 0.296 e. The topological polar surface area (TPSA) is 283 Å². The fraction of sp³-hybridized carbons (Fsp3) is 0.0800. The van der Waals surface area contributed by atoms with Crippen molar-refractivity contribution < 1.29 is 43.7 Å². The minimum absolute atomic E-state index is 0. The van der Waals surface area contributed by atoms with Crippen LogP contribution in [0.4, 0.5) is 34.6 Å². The number of carbonyl (C=O) groups excluding carboxylic acids is 1. The van der Waals surface area contributed by atoms with Gasteiger partial charge in [0.2, 0.25) is 17.2 Å². The van der Waals surface area contributed by atoms with Crippen LogP contribution in [0.1, 0.15) is 6.92 Å². The number of azo groups is 1. The zero-order chi connectivity index (χ0) is 36.8. The molecule has 4 aromatic rings. The van der Waals surface area contributed by atoms with Crippen molar-refractivity contribution in [1.82, 2.24) is 15.0 Å². The summed E-state index contributed by atoms with van der Waals surface area (Å²) in [5.41, 5.74) is -0.129. The predicted octanol–water partition coefficient (Wildman–Crippen LogP) is 3.79. The molecule has 3 aromatic carbocycles. The summed E-state index contributed by atoms with van der Waals surface area (Å²) in [5, 5.41) is 17.1. The van der Waals surface area contributed by atoms with Gasteiger partial charge in [0, 0.05) is 100 Å². The second-order valence-electron chi connectivity index (χ2n) is 9.88. The molecule has 1 aliphatic heterocycles. The van der Waals surface area contributed by atoms with E-state index in [0.29, 0.717) is 5.69 Å². The quantitative estimate of drug-likeness (QED) is 0.0861. The number of carbonyl (C=O) groups is 1. The number of aromatic nitrogens is 3. The van der Waals surface area contributed by atoms with Gasteiger partial charge >= 0.3 is 0 Å². The van der Waals surface area contributed by atoms with Crippen molar-refractivity contribution >= 4 is 200 Å². The molecule has 0 fully saturated rings. The number of benzene rings is 3. The second-order valence-corrected chi connectivity index (χ2v) is 15.2. The summed E-state index contributed by atoms with van der Waals surface area (Å²) in [6, 6.07) is 8.61. The number of nitrogens with one attached hydrogen (secondary N) is 2. The molecule has 265 valence electrons. The van der Waals surface area contributed by atoms with E-state index in [9.17, 15) is 39.2 Å². The van der Waals surface area contributed by atoms with Crippen molar-refractivity contribution in [2.45, 2.75) is 27.7 Å². The summed E-state index contributed by atoms with van der Waals surface area (Å²) in [5.74, 6) is -1.11. The van der Waals surface area contributed by atoms with Crippen LogP contribution in [0, 0.1) is 0 Å². The van der Waals surface area contributed by atoms with Gasteiger partial charge in [-0.15, -0.1) is 0 Å². The summed E-state index contributed by atoms with van der Waals surface area (Å²) < 4.78 is 98.3. The Kier molecular flexibility index (Phi) is 16.9. The van der Waals surface area contributed by atoms with Crippen LogP contribution in [0.2, 0.25) is 15.3 Å². The SMILES string of the molecule is CC1=NN(c2cc(Cl)c(S(=O)(=O)O)cc2Cl)C(=O)C1N=Nc1cc(Nc2nc(Cl)nc(Nc3ccc(S(=O)(=O)O)cc3)n2)ccc1S(=O)(=O)O.[Na].[Na].[Na]. The summed E-state index contributed by atoms with van der Waals surface area (Å²) in [4.78, 5) is 23.5. The number of halogens is 3. The second kappa shape index (κ2) is 18.7. The van der Waals surface area contributed by atoms with Crippen LogP contribution in [0.25, 0.3) is 0 Å². The predicted molar refractivity (Wildman–Crippen MR) is 196 cm³/mol. The number of hydrazone groups is 1. The molecule has 0 bridgehead atoms. The van der Waals surface area contributed by atoms with Crippen molar-refractivity contribution in [3.05, 3.63) is 69.9 Å². The first-order valence-electron chi connectivity index (χ1n) is 13.1. The van der Waals surface area contributed by atoms with Gasteiger partial charge in [-0.1, -0.05) is 23.2 Å². The number of rotatable bonds is 10. The Morgan fingerprint density at radius 2 is 1.26 bits per heavy atom. The number of hydrogen-bond donors (Lipinski definition) is 5. The Morgan fingerprint density at radius 1 is 0.717 bits per heavy atom. The van der Waals surface area contributed by atoms with E-state index in [1.54, 1.807) is 0 Å². The monoisotopic (exact) mass is 874 g/mol. The van der Waals surface area contributed by atoms with Gasteiger partial charge in [-0.05, 0) is 73.1 Å². The average molecular weight is 876 g/mol.